The monoisotopic (exact) mass is 295 g/mol. The summed E-state index contributed by atoms with van der Waals surface area (Å²) in [4.78, 5) is 1.71. The van der Waals surface area contributed by atoms with Crippen molar-refractivity contribution < 1.29 is 18.3 Å². The van der Waals surface area contributed by atoms with E-state index in [1.165, 1.54) is 0 Å². The second-order valence-electron chi connectivity index (χ2n) is 5.00. The first-order valence-corrected chi connectivity index (χ1v) is 6.52. The predicted molar refractivity (Wildman–Crippen MR) is 74.1 cm³/mol. The van der Waals surface area contributed by atoms with Crippen molar-refractivity contribution in [1.29, 1.82) is 0 Å². The van der Waals surface area contributed by atoms with Crippen LogP contribution < -0.4 is 0 Å². The summed E-state index contributed by atoms with van der Waals surface area (Å²) < 4.78 is 39.1. The molecule has 0 aliphatic carbocycles. The number of benzene rings is 2. The number of rotatable bonds is 5. The molecule has 2 rings (SSSR count). The topological polar surface area (TPSA) is 23.5 Å². The minimum atomic E-state index is -1.47. The van der Waals surface area contributed by atoms with Crippen LogP contribution in [0.3, 0.4) is 0 Å². The number of aliphatic hydroxyl groups excluding tert-OH is 1. The Balaban J connectivity index is 2.00. The molecule has 0 bridgehead atoms. The summed E-state index contributed by atoms with van der Waals surface area (Å²) in [5.41, 5.74) is 1.08. The van der Waals surface area contributed by atoms with E-state index < -0.39 is 23.6 Å². The molecule has 5 heteroatoms. The van der Waals surface area contributed by atoms with Crippen LogP contribution in [0.1, 0.15) is 17.2 Å². The van der Waals surface area contributed by atoms with Gasteiger partial charge < -0.3 is 5.11 Å². The van der Waals surface area contributed by atoms with Gasteiger partial charge in [-0.3, -0.25) is 4.90 Å². The van der Waals surface area contributed by atoms with Crippen LogP contribution in [-0.2, 0) is 6.54 Å². The standard InChI is InChI=1S/C16H16F3NO/c1-20(10-15(21)12-5-3-2-4-6-12)9-11-7-13(17)16(19)14(18)8-11/h2-8,15,21H,9-10H2,1H3. The van der Waals surface area contributed by atoms with E-state index in [-0.39, 0.29) is 6.54 Å². The lowest BCUT2D eigenvalue weighted by atomic mass is 10.1. The molecule has 0 aliphatic heterocycles. The number of hydrogen-bond donors (Lipinski definition) is 1. The van der Waals surface area contributed by atoms with Crippen molar-refractivity contribution in [2.45, 2.75) is 12.6 Å². The average Bonchev–Trinajstić information content (AvgIpc) is 2.45. The van der Waals surface area contributed by atoms with Crippen LogP contribution in [0.25, 0.3) is 0 Å². The van der Waals surface area contributed by atoms with Gasteiger partial charge in [-0.1, -0.05) is 30.3 Å². The summed E-state index contributed by atoms with van der Waals surface area (Å²) in [6, 6.07) is 11.0. The van der Waals surface area contributed by atoms with Crippen LogP contribution in [0.4, 0.5) is 13.2 Å². The minimum absolute atomic E-state index is 0.206. The number of hydrogen-bond acceptors (Lipinski definition) is 2. The van der Waals surface area contributed by atoms with Crippen molar-refractivity contribution >= 4 is 0 Å². The Kier molecular flexibility index (Phi) is 4.98. The van der Waals surface area contributed by atoms with Gasteiger partial charge in [0.15, 0.2) is 17.5 Å². The predicted octanol–water partition coefficient (Wildman–Crippen LogP) is 3.27. The normalized spacial score (nSPS) is 12.7. The number of nitrogens with zero attached hydrogens (tertiary/aromatic N) is 1. The molecule has 0 aliphatic rings. The molecule has 0 amide bonds. The van der Waals surface area contributed by atoms with Gasteiger partial charge in [0, 0.05) is 13.1 Å². The third-order valence-electron chi connectivity index (χ3n) is 3.17. The summed E-state index contributed by atoms with van der Waals surface area (Å²) in [5.74, 6) is -3.88. The highest BCUT2D eigenvalue weighted by molar-refractivity contribution is 5.20. The van der Waals surface area contributed by atoms with Gasteiger partial charge in [0.1, 0.15) is 0 Å². The van der Waals surface area contributed by atoms with E-state index in [1.807, 2.05) is 18.2 Å². The molecule has 1 unspecified atom stereocenters. The van der Waals surface area contributed by atoms with Crippen LogP contribution >= 0.6 is 0 Å². The molecule has 112 valence electrons. The van der Waals surface area contributed by atoms with E-state index in [0.29, 0.717) is 12.1 Å². The maximum absolute atomic E-state index is 13.1. The van der Waals surface area contributed by atoms with E-state index in [2.05, 4.69) is 0 Å². The second kappa shape index (κ2) is 6.74. The molecule has 0 radical (unpaired) electrons. The molecule has 1 atom stereocenters. The maximum atomic E-state index is 13.1. The number of halogens is 3. The summed E-state index contributed by atoms with van der Waals surface area (Å²) in [5, 5.41) is 10.1. The fourth-order valence-electron chi connectivity index (χ4n) is 2.15. The molecule has 0 saturated heterocycles. The van der Waals surface area contributed by atoms with Gasteiger partial charge >= 0.3 is 0 Å². The highest BCUT2D eigenvalue weighted by atomic mass is 19.2. The number of likely N-dealkylation sites (N-methyl/N-ethyl adjacent to an activating group) is 1. The summed E-state index contributed by atoms with van der Waals surface area (Å²) >= 11 is 0. The van der Waals surface area contributed by atoms with Crippen LogP contribution in [0.2, 0.25) is 0 Å². The summed E-state index contributed by atoms with van der Waals surface area (Å²) in [6.45, 7) is 0.503. The van der Waals surface area contributed by atoms with E-state index >= 15 is 0 Å². The van der Waals surface area contributed by atoms with Crippen molar-refractivity contribution in [1.82, 2.24) is 4.90 Å². The highest BCUT2D eigenvalue weighted by Gasteiger charge is 2.14. The first-order chi connectivity index (χ1) is 9.97. The molecule has 0 saturated carbocycles. The van der Waals surface area contributed by atoms with Crippen molar-refractivity contribution in [3.63, 3.8) is 0 Å². The average molecular weight is 295 g/mol. The fraction of sp³-hybridized carbons (Fsp3) is 0.250. The zero-order valence-corrected chi connectivity index (χ0v) is 11.6. The first-order valence-electron chi connectivity index (χ1n) is 6.52. The molecule has 0 heterocycles. The molecule has 2 nitrogen and oxygen atoms in total. The lowest BCUT2D eigenvalue weighted by Gasteiger charge is -2.21. The molecule has 2 aromatic rings. The largest absolute Gasteiger partial charge is 0.387 e. The summed E-state index contributed by atoms with van der Waals surface area (Å²) in [7, 11) is 1.71. The Labute approximate surface area is 121 Å². The third-order valence-corrected chi connectivity index (χ3v) is 3.17. The van der Waals surface area contributed by atoms with Crippen molar-refractivity contribution in [3.8, 4) is 0 Å². The summed E-state index contributed by atoms with van der Waals surface area (Å²) in [6.07, 6.45) is -0.702. The Morgan fingerprint density at radius 1 is 1.05 bits per heavy atom. The van der Waals surface area contributed by atoms with Crippen LogP contribution in [0, 0.1) is 17.5 Å². The minimum Gasteiger partial charge on any atom is -0.387 e. The molecular formula is C16H16F3NO. The lowest BCUT2D eigenvalue weighted by molar-refractivity contribution is 0.123. The van der Waals surface area contributed by atoms with E-state index in [1.54, 1.807) is 24.1 Å². The van der Waals surface area contributed by atoms with Crippen molar-refractivity contribution in [2.75, 3.05) is 13.6 Å². The Morgan fingerprint density at radius 3 is 2.19 bits per heavy atom. The molecule has 21 heavy (non-hydrogen) atoms. The van der Waals surface area contributed by atoms with Crippen LogP contribution in [-0.4, -0.2) is 23.6 Å². The van der Waals surface area contributed by atoms with E-state index in [0.717, 1.165) is 17.7 Å². The Morgan fingerprint density at radius 2 is 1.62 bits per heavy atom. The molecule has 0 fully saturated rings. The quantitative estimate of drug-likeness (QED) is 0.856. The van der Waals surface area contributed by atoms with E-state index in [4.69, 9.17) is 0 Å². The first kappa shape index (κ1) is 15.5. The third kappa shape index (κ3) is 4.06. The van der Waals surface area contributed by atoms with Crippen LogP contribution in [0.5, 0.6) is 0 Å². The Bertz CT molecular complexity index is 581. The molecule has 0 spiro atoms. The van der Waals surface area contributed by atoms with Gasteiger partial charge in [0.2, 0.25) is 0 Å². The van der Waals surface area contributed by atoms with Gasteiger partial charge in [-0.2, -0.15) is 0 Å². The van der Waals surface area contributed by atoms with Crippen molar-refractivity contribution in [3.05, 3.63) is 71.0 Å². The zero-order chi connectivity index (χ0) is 15.4. The van der Waals surface area contributed by atoms with Gasteiger partial charge in [0.25, 0.3) is 0 Å². The molecular weight excluding hydrogens is 279 g/mol. The van der Waals surface area contributed by atoms with Gasteiger partial charge in [-0.15, -0.1) is 0 Å². The van der Waals surface area contributed by atoms with Gasteiger partial charge in [0.05, 0.1) is 6.10 Å². The van der Waals surface area contributed by atoms with Crippen LogP contribution in [0.15, 0.2) is 42.5 Å². The molecule has 2 aromatic carbocycles. The number of aliphatic hydroxyl groups is 1. The molecule has 1 N–H and O–H groups in total. The second-order valence-corrected chi connectivity index (χ2v) is 5.00. The lowest BCUT2D eigenvalue weighted by Crippen LogP contribution is -2.24. The SMILES string of the molecule is CN(Cc1cc(F)c(F)c(F)c1)CC(O)c1ccccc1. The zero-order valence-electron chi connectivity index (χ0n) is 11.6. The smallest absolute Gasteiger partial charge is 0.194 e. The highest BCUT2D eigenvalue weighted by Crippen LogP contribution is 2.17. The Hall–Kier alpha value is -1.85. The van der Waals surface area contributed by atoms with E-state index in [9.17, 15) is 18.3 Å². The maximum Gasteiger partial charge on any atom is 0.194 e. The van der Waals surface area contributed by atoms with Gasteiger partial charge in [-0.05, 0) is 30.3 Å². The fourth-order valence-corrected chi connectivity index (χ4v) is 2.15. The van der Waals surface area contributed by atoms with Gasteiger partial charge in [-0.25, -0.2) is 13.2 Å². The molecule has 0 aromatic heterocycles. The van der Waals surface area contributed by atoms with Crippen molar-refractivity contribution in [2.24, 2.45) is 0 Å².